The molecule has 0 amide bonds. The summed E-state index contributed by atoms with van der Waals surface area (Å²) in [4.78, 5) is 0. The fraction of sp³-hybridized carbons (Fsp3) is 0.286. The molecule has 0 N–H and O–H groups in total. The van der Waals surface area contributed by atoms with Gasteiger partial charge >= 0.3 is 0 Å². The first-order valence-corrected chi connectivity index (χ1v) is 8.61. The summed E-state index contributed by atoms with van der Waals surface area (Å²) in [7, 11) is 0. The van der Waals surface area contributed by atoms with Crippen molar-refractivity contribution in [1.82, 2.24) is 4.57 Å². The van der Waals surface area contributed by atoms with Gasteiger partial charge in [0.1, 0.15) is 0 Å². The Morgan fingerprint density at radius 3 is 2.50 bits per heavy atom. The molecule has 1 atom stereocenters. The highest BCUT2D eigenvalue weighted by molar-refractivity contribution is 6.11. The van der Waals surface area contributed by atoms with Crippen molar-refractivity contribution in [2.75, 3.05) is 5.01 Å². The van der Waals surface area contributed by atoms with Crippen LogP contribution in [0.3, 0.4) is 0 Å². The van der Waals surface area contributed by atoms with Crippen LogP contribution in [0.15, 0.2) is 59.7 Å². The average Bonchev–Trinajstić information content (AvgIpc) is 3.19. The lowest BCUT2D eigenvalue weighted by atomic mass is 9.84. The Morgan fingerprint density at radius 1 is 1.00 bits per heavy atom. The molecule has 0 radical (unpaired) electrons. The number of rotatable bonds is 1. The predicted octanol–water partition coefficient (Wildman–Crippen LogP) is 4.58. The van der Waals surface area contributed by atoms with E-state index in [2.05, 4.69) is 84.9 Å². The first-order chi connectivity index (χ1) is 11.6. The minimum absolute atomic E-state index is 0.0246. The quantitative estimate of drug-likeness (QED) is 0.643. The highest BCUT2D eigenvalue weighted by atomic mass is 15.5. The van der Waals surface area contributed by atoms with Gasteiger partial charge in [-0.25, -0.2) is 0 Å². The van der Waals surface area contributed by atoms with Gasteiger partial charge in [-0.2, -0.15) is 5.10 Å². The van der Waals surface area contributed by atoms with E-state index in [-0.39, 0.29) is 5.54 Å². The zero-order chi connectivity index (χ0) is 16.5. The van der Waals surface area contributed by atoms with E-state index in [9.17, 15) is 0 Å². The first-order valence-electron chi connectivity index (χ1n) is 8.61. The van der Waals surface area contributed by atoms with Crippen LogP contribution < -0.4 is 5.01 Å². The number of para-hydroxylation sites is 2. The van der Waals surface area contributed by atoms with Crippen molar-refractivity contribution in [3.05, 3.63) is 65.9 Å². The molecule has 0 fully saturated rings. The van der Waals surface area contributed by atoms with Crippen molar-refractivity contribution in [2.45, 2.75) is 32.9 Å². The van der Waals surface area contributed by atoms with Crippen LogP contribution in [0, 0.1) is 12.8 Å². The molecule has 2 aromatic carbocycles. The second-order valence-electron chi connectivity index (χ2n) is 7.44. The van der Waals surface area contributed by atoms with E-state index < -0.39 is 0 Å². The Morgan fingerprint density at radius 2 is 1.71 bits per heavy atom. The van der Waals surface area contributed by atoms with Crippen molar-refractivity contribution in [3.63, 3.8) is 0 Å². The van der Waals surface area contributed by atoms with Crippen LogP contribution in [-0.4, -0.2) is 15.8 Å². The lowest BCUT2D eigenvalue weighted by Crippen LogP contribution is -2.43. The number of hydrogen-bond donors (Lipinski definition) is 0. The molecule has 0 spiro atoms. The number of benzene rings is 2. The summed E-state index contributed by atoms with van der Waals surface area (Å²) >= 11 is 0. The molecule has 24 heavy (non-hydrogen) atoms. The summed E-state index contributed by atoms with van der Waals surface area (Å²) < 4.78 is 2.47. The zero-order valence-electron chi connectivity index (χ0n) is 14.3. The number of aryl methyl sites for hydroxylation is 1. The van der Waals surface area contributed by atoms with Crippen LogP contribution in [0.1, 0.15) is 25.1 Å². The van der Waals surface area contributed by atoms with Crippen LogP contribution in [0.4, 0.5) is 5.69 Å². The molecular formula is C21H21N3. The molecule has 5 rings (SSSR count). The normalized spacial score (nSPS) is 21.0. The molecule has 0 aliphatic carbocycles. The smallest absolute Gasteiger partial charge is 0.0921 e. The lowest BCUT2D eigenvalue weighted by Gasteiger charge is -2.34. The number of aromatic nitrogens is 1. The fourth-order valence-electron chi connectivity index (χ4n) is 4.45. The number of nitrogens with zero attached hydrogens (tertiary/aromatic N) is 3. The predicted molar refractivity (Wildman–Crippen MR) is 99.7 cm³/mol. The highest BCUT2D eigenvalue weighted by Gasteiger charge is 2.50. The van der Waals surface area contributed by atoms with Crippen molar-refractivity contribution in [3.8, 4) is 0 Å². The zero-order valence-corrected chi connectivity index (χ0v) is 14.3. The Bertz CT molecular complexity index is 979. The van der Waals surface area contributed by atoms with Gasteiger partial charge in [-0.3, -0.25) is 5.01 Å². The Balaban J connectivity index is 1.72. The standard InChI is InChI=1S/C21H21N3/c1-14-16-11-7-8-12-18(16)23-13-17-19(20(14)23)22-24(21(17,2)3)15-9-5-4-6-10-15/h4-12,17H,13H2,1-3H3. The summed E-state index contributed by atoms with van der Waals surface area (Å²) in [5.41, 5.74) is 6.42. The highest BCUT2D eigenvalue weighted by Crippen LogP contribution is 2.45. The van der Waals surface area contributed by atoms with Gasteiger partial charge in [-0.1, -0.05) is 36.4 Å². The monoisotopic (exact) mass is 315 g/mol. The van der Waals surface area contributed by atoms with Gasteiger partial charge in [0.25, 0.3) is 0 Å². The number of hydrazone groups is 1. The lowest BCUT2D eigenvalue weighted by molar-refractivity contribution is 0.380. The maximum Gasteiger partial charge on any atom is 0.0921 e. The number of hydrogen-bond acceptors (Lipinski definition) is 2. The largest absolute Gasteiger partial charge is 0.338 e. The van der Waals surface area contributed by atoms with Gasteiger partial charge in [0, 0.05) is 23.4 Å². The van der Waals surface area contributed by atoms with Crippen molar-refractivity contribution >= 4 is 22.3 Å². The Kier molecular flexibility index (Phi) is 2.60. The summed E-state index contributed by atoms with van der Waals surface area (Å²) in [5.74, 6) is 0.427. The van der Waals surface area contributed by atoms with E-state index in [1.807, 2.05) is 0 Å². The maximum absolute atomic E-state index is 5.10. The molecule has 3 nitrogen and oxygen atoms in total. The van der Waals surface area contributed by atoms with Crippen LogP contribution >= 0.6 is 0 Å². The molecule has 1 aromatic heterocycles. The van der Waals surface area contributed by atoms with Crippen LogP contribution in [0.2, 0.25) is 0 Å². The summed E-state index contributed by atoms with van der Waals surface area (Å²) in [6.45, 7) is 7.87. The number of anilines is 1. The maximum atomic E-state index is 5.10. The van der Waals surface area contributed by atoms with Gasteiger partial charge < -0.3 is 4.57 Å². The Hall–Kier alpha value is -2.55. The summed E-state index contributed by atoms with van der Waals surface area (Å²) in [6, 6.07) is 19.2. The molecule has 2 aliphatic heterocycles. The van der Waals surface area contributed by atoms with E-state index in [4.69, 9.17) is 5.10 Å². The van der Waals surface area contributed by atoms with Gasteiger partial charge in [-0.05, 0) is 44.5 Å². The molecule has 120 valence electrons. The molecule has 3 heterocycles. The second-order valence-corrected chi connectivity index (χ2v) is 7.44. The average molecular weight is 315 g/mol. The third-order valence-corrected chi connectivity index (χ3v) is 5.77. The first kappa shape index (κ1) is 13.8. The second kappa shape index (κ2) is 4.50. The van der Waals surface area contributed by atoms with E-state index in [0.29, 0.717) is 5.92 Å². The van der Waals surface area contributed by atoms with Crippen molar-refractivity contribution in [1.29, 1.82) is 0 Å². The van der Waals surface area contributed by atoms with E-state index in [0.717, 1.165) is 6.54 Å². The molecule has 1 unspecified atom stereocenters. The van der Waals surface area contributed by atoms with Gasteiger partial charge in [0.05, 0.1) is 22.6 Å². The molecule has 0 bridgehead atoms. The van der Waals surface area contributed by atoms with Crippen LogP contribution in [-0.2, 0) is 6.54 Å². The fourth-order valence-corrected chi connectivity index (χ4v) is 4.45. The Labute approximate surface area is 142 Å². The van der Waals surface area contributed by atoms with E-state index >= 15 is 0 Å². The van der Waals surface area contributed by atoms with Gasteiger partial charge in [0.2, 0.25) is 0 Å². The SMILES string of the molecule is Cc1c2n(c3ccccc13)CC1C2=NN(c2ccccc2)C1(C)C. The van der Waals surface area contributed by atoms with Gasteiger partial charge in [0.15, 0.2) is 0 Å². The molecule has 0 saturated heterocycles. The third kappa shape index (κ3) is 1.59. The van der Waals surface area contributed by atoms with Crippen molar-refractivity contribution < 1.29 is 0 Å². The topological polar surface area (TPSA) is 20.5 Å². The molecule has 3 aromatic rings. The molecule has 0 saturated carbocycles. The summed E-state index contributed by atoms with van der Waals surface area (Å²) in [5, 5.41) is 8.67. The minimum Gasteiger partial charge on any atom is -0.338 e. The van der Waals surface area contributed by atoms with E-state index in [1.54, 1.807) is 0 Å². The van der Waals surface area contributed by atoms with Crippen LogP contribution in [0.5, 0.6) is 0 Å². The third-order valence-electron chi connectivity index (χ3n) is 5.77. The molecular weight excluding hydrogens is 294 g/mol. The molecule has 2 aliphatic rings. The van der Waals surface area contributed by atoms with Gasteiger partial charge in [-0.15, -0.1) is 0 Å². The van der Waals surface area contributed by atoms with E-state index in [1.165, 1.54) is 33.6 Å². The molecule has 3 heteroatoms. The summed E-state index contributed by atoms with van der Waals surface area (Å²) in [6.07, 6.45) is 0. The van der Waals surface area contributed by atoms with Crippen LogP contribution in [0.25, 0.3) is 10.9 Å². The minimum atomic E-state index is -0.0246. The number of fused-ring (bicyclic) bond motifs is 5. The van der Waals surface area contributed by atoms with Crippen molar-refractivity contribution in [2.24, 2.45) is 11.0 Å².